The van der Waals surface area contributed by atoms with Crippen LogP contribution in [-0.4, -0.2) is 17.9 Å². The van der Waals surface area contributed by atoms with Crippen molar-refractivity contribution in [1.29, 1.82) is 0 Å². The Morgan fingerprint density at radius 2 is 2.14 bits per heavy atom. The number of benzene rings is 2. The summed E-state index contributed by atoms with van der Waals surface area (Å²) in [5.74, 6) is -0.773. The molecular weight excluding hydrogens is 270 g/mol. The fraction of sp³-hybridized carbons (Fsp3) is 0.188. The van der Waals surface area contributed by atoms with Crippen molar-refractivity contribution in [3.63, 3.8) is 0 Å². The molecule has 106 valence electrons. The predicted octanol–water partition coefficient (Wildman–Crippen LogP) is 1.78. The topological polar surface area (TPSA) is 46.5 Å². The molecule has 0 saturated heterocycles. The maximum absolute atomic E-state index is 13.8. The predicted molar refractivity (Wildman–Crippen MR) is 78.0 cm³/mol. The highest BCUT2D eigenvalue weighted by Crippen LogP contribution is 2.15. The van der Waals surface area contributed by atoms with Crippen molar-refractivity contribution >= 4 is 18.4 Å². The standard InChI is InChI=1S/C16H14BFO3/c1-10-2-5-13(15(18)6-10)16(19)8-11-3-4-12-9-21-17(20)14(12)7-11/h2-7,20H,8-9H2,1H3. The van der Waals surface area contributed by atoms with Crippen LogP contribution in [-0.2, 0) is 17.7 Å². The van der Waals surface area contributed by atoms with Crippen LogP contribution in [0.2, 0.25) is 0 Å². The van der Waals surface area contributed by atoms with Crippen molar-refractivity contribution < 1.29 is 18.9 Å². The summed E-state index contributed by atoms with van der Waals surface area (Å²) in [6.45, 7) is 2.15. The second-order valence-electron chi connectivity index (χ2n) is 5.28. The quantitative estimate of drug-likeness (QED) is 0.690. The lowest BCUT2D eigenvalue weighted by Crippen LogP contribution is -2.28. The highest BCUT2D eigenvalue weighted by Gasteiger charge is 2.27. The van der Waals surface area contributed by atoms with Crippen LogP contribution in [0.5, 0.6) is 0 Å². The molecule has 0 aromatic heterocycles. The zero-order valence-electron chi connectivity index (χ0n) is 11.6. The summed E-state index contributed by atoms with van der Waals surface area (Å²) < 4.78 is 18.9. The molecule has 1 N–H and O–H groups in total. The van der Waals surface area contributed by atoms with Gasteiger partial charge in [0.15, 0.2) is 5.78 Å². The zero-order valence-corrected chi connectivity index (χ0v) is 11.6. The first-order valence-electron chi connectivity index (χ1n) is 6.75. The summed E-state index contributed by atoms with van der Waals surface area (Å²) >= 11 is 0. The molecule has 3 rings (SSSR count). The summed E-state index contributed by atoms with van der Waals surface area (Å²) in [4.78, 5) is 12.2. The SMILES string of the molecule is Cc1ccc(C(=O)Cc2ccc3c(c2)B(O)OC3)c(F)c1. The molecule has 1 aliphatic rings. The minimum Gasteiger partial charge on any atom is -0.423 e. The fourth-order valence-electron chi connectivity index (χ4n) is 2.50. The summed E-state index contributed by atoms with van der Waals surface area (Å²) in [7, 11) is -0.939. The Kier molecular flexibility index (Phi) is 3.61. The molecule has 3 nitrogen and oxygen atoms in total. The summed E-state index contributed by atoms with van der Waals surface area (Å²) in [5.41, 5.74) is 3.22. The van der Waals surface area contributed by atoms with Crippen LogP contribution in [0, 0.1) is 12.7 Å². The third-order valence-corrected chi connectivity index (χ3v) is 3.66. The van der Waals surface area contributed by atoms with Gasteiger partial charge in [-0.3, -0.25) is 4.79 Å². The maximum atomic E-state index is 13.8. The van der Waals surface area contributed by atoms with Crippen LogP contribution < -0.4 is 5.46 Å². The van der Waals surface area contributed by atoms with Gasteiger partial charge in [0.2, 0.25) is 0 Å². The molecule has 0 atom stereocenters. The molecule has 2 aromatic rings. The molecule has 21 heavy (non-hydrogen) atoms. The van der Waals surface area contributed by atoms with Crippen LogP contribution in [0.1, 0.15) is 27.0 Å². The van der Waals surface area contributed by atoms with Gasteiger partial charge in [0, 0.05) is 6.42 Å². The van der Waals surface area contributed by atoms with Gasteiger partial charge in [-0.05, 0) is 41.2 Å². The molecule has 0 fully saturated rings. The van der Waals surface area contributed by atoms with Gasteiger partial charge >= 0.3 is 7.12 Å². The molecule has 0 aliphatic carbocycles. The number of rotatable bonds is 3. The molecule has 0 saturated carbocycles. The molecule has 0 radical (unpaired) electrons. The number of Topliss-reactive ketones (excluding diaryl/α,β-unsaturated/α-hetero) is 1. The average molecular weight is 284 g/mol. The Balaban J connectivity index is 1.83. The van der Waals surface area contributed by atoms with E-state index in [1.54, 1.807) is 19.1 Å². The Labute approximate surface area is 122 Å². The summed E-state index contributed by atoms with van der Waals surface area (Å²) in [5, 5.41) is 9.66. The van der Waals surface area contributed by atoms with E-state index in [9.17, 15) is 14.2 Å². The lowest BCUT2D eigenvalue weighted by molar-refractivity contribution is 0.0989. The van der Waals surface area contributed by atoms with Crippen molar-refractivity contribution in [2.45, 2.75) is 20.0 Å². The summed E-state index contributed by atoms with van der Waals surface area (Å²) in [6, 6.07) is 9.98. The highest BCUT2D eigenvalue weighted by molar-refractivity contribution is 6.61. The maximum Gasteiger partial charge on any atom is 0.491 e. The molecule has 2 aromatic carbocycles. The molecule has 0 spiro atoms. The fourth-order valence-corrected chi connectivity index (χ4v) is 2.50. The Hall–Kier alpha value is -1.98. The van der Waals surface area contributed by atoms with Crippen molar-refractivity contribution in [2.24, 2.45) is 0 Å². The number of hydrogen-bond donors (Lipinski definition) is 1. The number of fused-ring (bicyclic) bond motifs is 1. The van der Waals surface area contributed by atoms with Gasteiger partial charge in [0.05, 0.1) is 12.2 Å². The van der Waals surface area contributed by atoms with E-state index in [2.05, 4.69) is 0 Å². The van der Waals surface area contributed by atoms with Gasteiger partial charge in [-0.25, -0.2) is 4.39 Å². The molecular formula is C16H14BFO3. The van der Waals surface area contributed by atoms with E-state index in [1.165, 1.54) is 12.1 Å². The van der Waals surface area contributed by atoms with Crippen LogP contribution >= 0.6 is 0 Å². The first-order valence-corrected chi connectivity index (χ1v) is 6.75. The van der Waals surface area contributed by atoms with Crippen LogP contribution in [0.4, 0.5) is 4.39 Å². The third-order valence-electron chi connectivity index (χ3n) is 3.66. The first-order chi connectivity index (χ1) is 10.0. The van der Waals surface area contributed by atoms with Crippen molar-refractivity contribution in [3.05, 3.63) is 64.5 Å². The summed E-state index contributed by atoms with van der Waals surface area (Å²) in [6.07, 6.45) is 0.0972. The van der Waals surface area contributed by atoms with Gasteiger partial charge in [0.1, 0.15) is 5.82 Å². The van der Waals surface area contributed by atoms with E-state index < -0.39 is 12.9 Å². The molecule has 0 amide bonds. The van der Waals surface area contributed by atoms with Gasteiger partial charge in [-0.15, -0.1) is 0 Å². The first kappa shape index (κ1) is 14.0. The van der Waals surface area contributed by atoms with Crippen LogP contribution in [0.15, 0.2) is 36.4 Å². The third kappa shape index (κ3) is 2.75. The Bertz CT molecular complexity index is 715. The average Bonchev–Trinajstić information content (AvgIpc) is 2.80. The molecule has 0 unspecified atom stereocenters. The number of aryl methyl sites for hydroxylation is 1. The number of ketones is 1. The number of carbonyl (C=O) groups excluding carboxylic acids is 1. The normalized spacial score (nSPS) is 13.4. The van der Waals surface area contributed by atoms with Crippen LogP contribution in [0.3, 0.4) is 0 Å². The Morgan fingerprint density at radius 1 is 1.33 bits per heavy atom. The molecule has 5 heteroatoms. The number of hydrogen-bond acceptors (Lipinski definition) is 3. The second kappa shape index (κ2) is 5.43. The van der Waals surface area contributed by atoms with Crippen molar-refractivity contribution in [2.75, 3.05) is 0 Å². The minimum atomic E-state index is -0.939. The molecule has 0 bridgehead atoms. The van der Waals surface area contributed by atoms with Gasteiger partial charge in [0.25, 0.3) is 0 Å². The monoisotopic (exact) mass is 284 g/mol. The lowest BCUT2D eigenvalue weighted by atomic mass is 9.78. The second-order valence-corrected chi connectivity index (χ2v) is 5.28. The van der Waals surface area contributed by atoms with Gasteiger partial charge in [-0.1, -0.05) is 24.3 Å². The van der Waals surface area contributed by atoms with Gasteiger partial charge < -0.3 is 9.68 Å². The lowest BCUT2D eigenvalue weighted by Gasteiger charge is -2.06. The Morgan fingerprint density at radius 3 is 2.90 bits per heavy atom. The zero-order chi connectivity index (χ0) is 15.0. The van der Waals surface area contributed by atoms with E-state index in [4.69, 9.17) is 4.65 Å². The van der Waals surface area contributed by atoms with Crippen molar-refractivity contribution in [3.8, 4) is 0 Å². The van der Waals surface area contributed by atoms with E-state index in [0.29, 0.717) is 12.1 Å². The number of carbonyl (C=O) groups is 1. The smallest absolute Gasteiger partial charge is 0.423 e. The van der Waals surface area contributed by atoms with E-state index in [0.717, 1.165) is 16.7 Å². The van der Waals surface area contributed by atoms with E-state index >= 15 is 0 Å². The van der Waals surface area contributed by atoms with Crippen molar-refractivity contribution in [1.82, 2.24) is 0 Å². The van der Waals surface area contributed by atoms with Gasteiger partial charge in [-0.2, -0.15) is 0 Å². The number of halogens is 1. The van der Waals surface area contributed by atoms with E-state index in [1.807, 2.05) is 12.1 Å². The molecule has 1 aliphatic heterocycles. The van der Waals surface area contributed by atoms with Crippen LogP contribution in [0.25, 0.3) is 0 Å². The highest BCUT2D eigenvalue weighted by atomic mass is 19.1. The van der Waals surface area contributed by atoms with E-state index in [-0.39, 0.29) is 17.8 Å². The largest absolute Gasteiger partial charge is 0.491 e. The molecule has 1 heterocycles. The minimum absolute atomic E-state index is 0.0953.